The van der Waals surface area contributed by atoms with Crippen LogP contribution in [-0.2, 0) is 14.8 Å². The molecule has 3 heterocycles. The Morgan fingerprint density at radius 1 is 1.20 bits per heavy atom. The maximum Gasteiger partial charge on any atom is 0.322 e. The van der Waals surface area contributed by atoms with Crippen LogP contribution in [0.15, 0.2) is 23.4 Å². The summed E-state index contributed by atoms with van der Waals surface area (Å²) in [6.45, 7) is 0.391. The molecule has 0 saturated carbocycles. The summed E-state index contributed by atoms with van der Waals surface area (Å²) < 4.78 is 26.0. The number of aromatic nitrogens is 1. The molecule has 9 heteroatoms. The summed E-state index contributed by atoms with van der Waals surface area (Å²) in [7, 11) is -3.54. The van der Waals surface area contributed by atoms with Crippen molar-refractivity contribution in [3.05, 3.63) is 18.5 Å². The molecule has 1 aromatic rings. The standard InChI is InChI=1S/C11H14N4O4S/c16-9-11(14-10(17)13-9)2-5-15(6-3-11)20(18,19)8-1-4-12-7-8/h1,4,7,12H,2-3,5-6H2,(H2,13,14,16,17). The van der Waals surface area contributed by atoms with Gasteiger partial charge in [0.2, 0.25) is 10.0 Å². The molecular formula is C11H14N4O4S. The number of nitrogens with zero attached hydrogens (tertiary/aromatic N) is 1. The Kier molecular flexibility index (Phi) is 2.83. The Balaban J connectivity index is 1.77. The molecule has 3 rings (SSSR count). The highest BCUT2D eigenvalue weighted by molar-refractivity contribution is 7.89. The number of urea groups is 1. The summed E-state index contributed by atoms with van der Waals surface area (Å²) in [5.74, 6) is -0.374. The highest BCUT2D eigenvalue weighted by atomic mass is 32.2. The van der Waals surface area contributed by atoms with Gasteiger partial charge in [0.1, 0.15) is 5.54 Å². The van der Waals surface area contributed by atoms with E-state index in [4.69, 9.17) is 0 Å². The fourth-order valence-electron chi connectivity index (χ4n) is 2.61. The van der Waals surface area contributed by atoms with Gasteiger partial charge in [-0.15, -0.1) is 0 Å². The lowest BCUT2D eigenvalue weighted by molar-refractivity contribution is -0.125. The molecule has 2 aliphatic heterocycles. The van der Waals surface area contributed by atoms with Crippen molar-refractivity contribution in [3.63, 3.8) is 0 Å². The number of H-pyrrole nitrogens is 1. The number of carbonyl (C=O) groups is 2. The molecule has 2 fully saturated rings. The normalized spacial score (nSPS) is 22.8. The molecule has 108 valence electrons. The van der Waals surface area contributed by atoms with E-state index in [-0.39, 0.29) is 36.7 Å². The monoisotopic (exact) mass is 298 g/mol. The van der Waals surface area contributed by atoms with E-state index in [1.165, 1.54) is 16.6 Å². The molecule has 3 amide bonds. The number of hydrogen-bond donors (Lipinski definition) is 3. The molecule has 8 nitrogen and oxygen atoms in total. The number of rotatable bonds is 2. The maximum atomic E-state index is 12.3. The molecule has 2 saturated heterocycles. The lowest BCUT2D eigenvalue weighted by atomic mass is 9.89. The average Bonchev–Trinajstić information content (AvgIpc) is 3.00. The molecular weight excluding hydrogens is 284 g/mol. The number of amides is 3. The van der Waals surface area contributed by atoms with Crippen LogP contribution >= 0.6 is 0 Å². The Morgan fingerprint density at radius 3 is 2.40 bits per heavy atom. The third-order valence-electron chi connectivity index (χ3n) is 3.80. The minimum Gasteiger partial charge on any atom is -0.366 e. The fraction of sp³-hybridized carbons (Fsp3) is 0.455. The van der Waals surface area contributed by atoms with E-state index in [1.807, 2.05) is 0 Å². The minimum atomic E-state index is -3.54. The van der Waals surface area contributed by atoms with Gasteiger partial charge in [0.25, 0.3) is 5.91 Å². The van der Waals surface area contributed by atoms with Crippen molar-refractivity contribution in [2.75, 3.05) is 13.1 Å². The predicted molar refractivity (Wildman–Crippen MR) is 68.2 cm³/mol. The number of hydrogen-bond acceptors (Lipinski definition) is 4. The lowest BCUT2D eigenvalue weighted by Crippen LogP contribution is -2.55. The van der Waals surface area contributed by atoms with Crippen LogP contribution < -0.4 is 10.6 Å². The number of aromatic amines is 1. The maximum absolute atomic E-state index is 12.3. The second kappa shape index (κ2) is 4.32. The summed E-state index contributed by atoms with van der Waals surface area (Å²) in [6.07, 6.45) is 3.51. The van der Waals surface area contributed by atoms with Gasteiger partial charge in [-0.3, -0.25) is 10.1 Å². The number of nitrogens with one attached hydrogen (secondary N) is 3. The van der Waals surface area contributed by atoms with Crippen molar-refractivity contribution >= 4 is 22.0 Å². The summed E-state index contributed by atoms with van der Waals surface area (Å²) in [5, 5.41) is 4.80. The van der Waals surface area contributed by atoms with Crippen molar-refractivity contribution in [1.82, 2.24) is 19.9 Å². The first-order valence-electron chi connectivity index (χ1n) is 6.21. The summed E-state index contributed by atoms with van der Waals surface area (Å²) in [4.78, 5) is 25.9. The number of piperidine rings is 1. The third-order valence-corrected chi connectivity index (χ3v) is 5.69. The fourth-order valence-corrected chi connectivity index (χ4v) is 4.02. The van der Waals surface area contributed by atoms with Crippen molar-refractivity contribution in [3.8, 4) is 0 Å². The van der Waals surface area contributed by atoms with Crippen LogP contribution in [-0.4, -0.2) is 48.3 Å². The largest absolute Gasteiger partial charge is 0.366 e. The first-order valence-corrected chi connectivity index (χ1v) is 7.65. The average molecular weight is 298 g/mol. The van der Waals surface area contributed by atoms with E-state index in [9.17, 15) is 18.0 Å². The Bertz CT molecular complexity index is 644. The molecule has 0 bridgehead atoms. The van der Waals surface area contributed by atoms with Gasteiger partial charge in [-0.25, -0.2) is 13.2 Å². The van der Waals surface area contributed by atoms with Gasteiger partial charge in [0.15, 0.2) is 0 Å². The van der Waals surface area contributed by atoms with Crippen LogP contribution in [0.5, 0.6) is 0 Å². The van der Waals surface area contributed by atoms with Gasteiger partial charge in [-0.05, 0) is 18.9 Å². The highest BCUT2D eigenvalue weighted by Gasteiger charge is 2.49. The predicted octanol–water partition coefficient (Wildman–Crippen LogP) is -0.623. The Hall–Kier alpha value is -1.87. The van der Waals surface area contributed by atoms with Gasteiger partial charge < -0.3 is 10.3 Å². The highest BCUT2D eigenvalue weighted by Crippen LogP contribution is 2.28. The van der Waals surface area contributed by atoms with E-state index in [1.54, 1.807) is 6.20 Å². The van der Waals surface area contributed by atoms with Gasteiger partial charge in [0.05, 0.1) is 4.90 Å². The smallest absolute Gasteiger partial charge is 0.322 e. The van der Waals surface area contributed by atoms with Crippen LogP contribution in [0.2, 0.25) is 0 Å². The van der Waals surface area contributed by atoms with Gasteiger partial charge in [-0.2, -0.15) is 4.31 Å². The lowest BCUT2D eigenvalue weighted by Gasteiger charge is -2.36. The first kappa shape index (κ1) is 13.1. The SMILES string of the molecule is O=C1NC(=O)C2(CCN(S(=O)(=O)c3cc[nH]c3)CC2)N1. The molecule has 0 aliphatic carbocycles. The van der Waals surface area contributed by atoms with Gasteiger partial charge in [-0.1, -0.05) is 0 Å². The van der Waals surface area contributed by atoms with Crippen molar-refractivity contribution in [1.29, 1.82) is 0 Å². The molecule has 0 unspecified atom stereocenters. The van der Waals surface area contributed by atoms with Crippen LogP contribution in [0.4, 0.5) is 4.79 Å². The second-order valence-corrected chi connectivity index (χ2v) is 6.88. The number of imide groups is 1. The van der Waals surface area contributed by atoms with Gasteiger partial charge >= 0.3 is 6.03 Å². The van der Waals surface area contributed by atoms with E-state index in [2.05, 4.69) is 15.6 Å². The van der Waals surface area contributed by atoms with Gasteiger partial charge in [0, 0.05) is 25.5 Å². The third kappa shape index (κ3) is 1.90. The van der Waals surface area contributed by atoms with Crippen LogP contribution in [0.25, 0.3) is 0 Å². The molecule has 0 atom stereocenters. The molecule has 1 aromatic heterocycles. The second-order valence-electron chi connectivity index (χ2n) is 4.94. The summed E-state index contributed by atoms with van der Waals surface area (Å²) >= 11 is 0. The van der Waals surface area contributed by atoms with E-state index in [0.29, 0.717) is 0 Å². The van der Waals surface area contributed by atoms with Crippen LogP contribution in [0, 0.1) is 0 Å². The van der Waals surface area contributed by atoms with Crippen LogP contribution in [0.1, 0.15) is 12.8 Å². The quantitative estimate of drug-likeness (QED) is 0.632. The first-order chi connectivity index (χ1) is 9.44. The molecule has 2 aliphatic rings. The summed E-state index contributed by atoms with van der Waals surface area (Å²) in [5.41, 5.74) is -0.957. The van der Waals surface area contributed by atoms with E-state index >= 15 is 0 Å². The number of carbonyl (C=O) groups excluding carboxylic acids is 2. The van der Waals surface area contributed by atoms with Crippen molar-refractivity contribution < 1.29 is 18.0 Å². The molecule has 1 spiro atoms. The zero-order chi connectivity index (χ0) is 14.4. The molecule has 0 aromatic carbocycles. The van der Waals surface area contributed by atoms with E-state index < -0.39 is 21.6 Å². The van der Waals surface area contributed by atoms with Crippen molar-refractivity contribution in [2.24, 2.45) is 0 Å². The topological polar surface area (TPSA) is 111 Å². The Labute approximate surface area is 115 Å². The Morgan fingerprint density at radius 2 is 1.90 bits per heavy atom. The van der Waals surface area contributed by atoms with E-state index in [0.717, 1.165) is 0 Å². The summed E-state index contributed by atoms with van der Waals surface area (Å²) in [6, 6.07) is 0.973. The van der Waals surface area contributed by atoms with Crippen molar-refractivity contribution in [2.45, 2.75) is 23.3 Å². The molecule has 0 radical (unpaired) electrons. The minimum absolute atomic E-state index is 0.196. The van der Waals surface area contributed by atoms with Crippen LogP contribution in [0.3, 0.4) is 0 Å². The zero-order valence-corrected chi connectivity index (χ0v) is 11.4. The number of sulfonamides is 1. The molecule has 20 heavy (non-hydrogen) atoms. The molecule has 3 N–H and O–H groups in total. The zero-order valence-electron chi connectivity index (χ0n) is 10.5.